The molecule has 3 heterocycles. The van der Waals surface area contributed by atoms with Crippen LogP contribution in [-0.2, 0) is 5.41 Å². The van der Waals surface area contributed by atoms with Crippen molar-refractivity contribution < 1.29 is 0 Å². The lowest BCUT2D eigenvalue weighted by molar-refractivity contribution is 0.660. The van der Waals surface area contributed by atoms with E-state index in [4.69, 9.17) is 0 Å². The molecule has 10 aromatic rings. The van der Waals surface area contributed by atoms with Gasteiger partial charge in [-0.05, 0) is 91.2 Å². The van der Waals surface area contributed by atoms with Crippen LogP contribution in [0.4, 0.5) is 11.4 Å². The van der Waals surface area contributed by atoms with Crippen molar-refractivity contribution in [2.45, 2.75) is 19.3 Å². The van der Waals surface area contributed by atoms with Gasteiger partial charge in [0.2, 0.25) is 0 Å². The SMILES string of the molecule is CC1(C)c2ccccc2-c2ccc(Nc3cc4ccccc4cc3-c3c4c(cc5ccccc35)-n3c5sc6ccccc6c5c5cccc(c53)B4)cc21. The van der Waals surface area contributed by atoms with Crippen molar-refractivity contribution in [1.29, 1.82) is 0 Å². The van der Waals surface area contributed by atoms with Crippen molar-refractivity contribution in [2.75, 3.05) is 5.32 Å². The largest absolute Gasteiger partial charge is 0.355 e. The lowest BCUT2D eigenvalue weighted by Crippen LogP contribution is -2.37. The Labute approximate surface area is 312 Å². The maximum Gasteiger partial charge on any atom is 0.198 e. The molecule has 53 heavy (non-hydrogen) atoms. The molecule has 2 aromatic heterocycles. The number of benzene rings is 8. The Balaban J connectivity index is 1.13. The van der Waals surface area contributed by atoms with Crippen LogP contribution in [-0.4, -0.2) is 11.8 Å². The predicted molar refractivity (Wildman–Crippen MR) is 230 cm³/mol. The number of fused-ring (bicyclic) bond motifs is 12. The standard InChI is InChI=1S/C49H33BN2S/c1-49(2)38-19-9-7-16-33(38)34-23-22-31(27-39(34)49)51-41-25-29-13-4-3-12-28(29)24-37(41)44-32-15-6-5-14-30(32)26-42-46(44)50-40-20-11-18-36-45-35-17-8-10-21-43(35)53-48(45)52(42)47(36)40/h3-27,50-51H,1-2H3. The Morgan fingerprint density at radius 2 is 1.30 bits per heavy atom. The van der Waals surface area contributed by atoms with Crippen LogP contribution in [0.1, 0.15) is 25.0 Å². The molecule has 0 radical (unpaired) electrons. The van der Waals surface area contributed by atoms with Gasteiger partial charge in [-0.2, -0.15) is 0 Å². The fraction of sp³-hybridized carbons (Fsp3) is 0.0612. The van der Waals surface area contributed by atoms with Gasteiger partial charge < -0.3 is 9.88 Å². The first-order valence-corrected chi connectivity index (χ1v) is 19.4. The summed E-state index contributed by atoms with van der Waals surface area (Å²) in [4.78, 5) is 1.33. The highest BCUT2D eigenvalue weighted by Gasteiger charge is 2.35. The van der Waals surface area contributed by atoms with Gasteiger partial charge in [-0.25, -0.2) is 0 Å². The van der Waals surface area contributed by atoms with E-state index < -0.39 is 0 Å². The monoisotopic (exact) mass is 692 g/mol. The van der Waals surface area contributed by atoms with Gasteiger partial charge >= 0.3 is 0 Å². The predicted octanol–water partition coefficient (Wildman–Crippen LogP) is 11.7. The third-order valence-corrected chi connectivity index (χ3v) is 13.3. The average Bonchev–Trinajstić information content (AvgIpc) is 3.80. The summed E-state index contributed by atoms with van der Waals surface area (Å²) in [5, 5.41) is 13.1. The Morgan fingerprint density at radius 1 is 0.585 bits per heavy atom. The number of thiophene rings is 1. The molecule has 2 nitrogen and oxygen atoms in total. The van der Waals surface area contributed by atoms with Crippen molar-refractivity contribution in [2.24, 2.45) is 0 Å². The first-order valence-electron chi connectivity index (χ1n) is 18.6. The number of rotatable bonds is 3. The van der Waals surface area contributed by atoms with Crippen LogP contribution in [0.5, 0.6) is 0 Å². The Bertz CT molecular complexity index is 3220. The second kappa shape index (κ2) is 10.5. The van der Waals surface area contributed by atoms with Crippen LogP contribution in [0.2, 0.25) is 0 Å². The van der Waals surface area contributed by atoms with Crippen molar-refractivity contribution in [3.05, 3.63) is 163 Å². The van der Waals surface area contributed by atoms with Crippen molar-refractivity contribution >= 4 is 93.7 Å². The van der Waals surface area contributed by atoms with E-state index in [2.05, 4.69) is 175 Å². The van der Waals surface area contributed by atoms with Crippen molar-refractivity contribution in [3.8, 4) is 27.9 Å². The zero-order valence-corrected chi connectivity index (χ0v) is 30.3. The number of hydrogen-bond donors (Lipinski definition) is 1. The summed E-state index contributed by atoms with van der Waals surface area (Å²) in [7, 11) is 0.875. The second-order valence-corrected chi connectivity index (χ2v) is 16.4. The van der Waals surface area contributed by atoms with E-state index in [1.54, 1.807) is 0 Å². The molecule has 12 rings (SSSR count). The van der Waals surface area contributed by atoms with Gasteiger partial charge in [0.15, 0.2) is 7.28 Å². The molecule has 0 spiro atoms. The van der Waals surface area contributed by atoms with Crippen LogP contribution in [0.15, 0.2) is 152 Å². The first kappa shape index (κ1) is 29.5. The highest BCUT2D eigenvalue weighted by Crippen LogP contribution is 2.50. The van der Waals surface area contributed by atoms with Crippen LogP contribution >= 0.6 is 11.3 Å². The van der Waals surface area contributed by atoms with E-state index >= 15 is 0 Å². The highest BCUT2D eigenvalue weighted by molar-refractivity contribution is 7.25. The topological polar surface area (TPSA) is 17.0 Å². The van der Waals surface area contributed by atoms with E-state index in [0.717, 1.165) is 18.7 Å². The zero-order valence-electron chi connectivity index (χ0n) is 29.5. The average molecular weight is 693 g/mol. The fourth-order valence-electron chi connectivity index (χ4n) is 9.72. The van der Waals surface area contributed by atoms with Gasteiger partial charge in [0.25, 0.3) is 0 Å². The molecule has 4 heteroatoms. The molecular weight excluding hydrogens is 659 g/mol. The highest BCUT2D eigenvalue weighted by atomic mass is 32.1. The maximum atomic E-state index is 4.01. The van der Waals surface area contributed by atoms with Crippen molar-refractivity contribution in [3.63, 3.8) is 0 Å². The van der Waals surface area contributed by atoms with E-state index in [1.807, 2.05) is 11.3 Å². The number of hydrogen-bond acceptors (Lipinski definition) is 2. The minimum absolute atomic E-state index is 0.0715. The van der Waals surface area contributed by atoms with Crippen LogP contribution in [0.3, 0.4) is 0 Å². The van der Waals surface area contributed by atoms with Crippen LogP contribution < -0.4 is 16.2 Å². The fourth-order valence-corrected chi connectivity index (χ4v) is 11.0. The smallest absolute Gasteiger partial charge is 0.198 e. The number of nitrogens with one attached hydrogen (secondary N) is 1. The van der Waals surface area contributed by atoms with Gasteiger partial charge in [0.1, 0.15) is 4.83 Å². The molecule has 0 fully saturated rings. The van der Waals surface area contributed by atoms with Crippen molar-refractivity contribution in [1.82, 2.24) is 4.57 Å². The van der Waals surface area contributed by atoms with Crippen LogP contribution in [0, 0.1) is 0 Å². The van der Waals surface area contributed by atoms with Gasteiger partial charge in [-0.3, -0.25) is 0 Å². The van der Waals surface area contributed by atoms with E-state index in [0.29, 0.717) is 0 Å². The van der Waals surface area contributed by atoms with Gasteiger partial charge in [-0.15, -0.1) is 11.3 Å². The first-order chi connectivity index (χ1) is 26.0. The van der Waals surface area contributed by atoms with Crippen LogP contribution in [0.25, 0.3) is 80.7 Å². The molecule has 1 N–H and O–H groups in total. The second-order valence-electron chi connectivity index (χ2n) is 15.4. The van der Waals surface area contributed by atoms with E-state index in [1.165, 1.54) is 103 Å². The molecule has 0 amide bonds. The summed E-state index contributed by atoms with van der Waals surface area (Å²) in [6.45, 7) is 4.71. The lowest BCUT2D eigenvalue weighted by atomic mass is 9.58. The molecule has 1 aliphatic heterocycles. The summed E-state index contributed by atoms with van der Waals surface area (Å²) < 4.78 is 3.93. The van der Waals surface area contributed by atoms with Gasteiger partial charge in [0, 0.05) is 54.4 Å². The minimum atomic E-state index is -0.0715. The van der Waals surface area contributed by atoms with Gasteiger partial charge in [0.05, 0.1) is 0 Å². The molecule has 0 bridgehead atoms. The zero-order chi connectivity index (χ0) is 35.0. The summed E-state index contributed by atoms with van der Waals surface area (Å²) in [5.74, 6) is 0. The summed E-state index contributed by atoms with van der Waals surface area (Å²) >= 11 is 1.91. The molecule has 0 saturated carbocycles. The third-order valence-electron chi connectivity index (χ3n) is 12.2. The third kappa shape index (κ3) is 3.99. The maximum absolute atomic E-state index is 4.01. The summed E-state index contributed by atoms with van der Waals surface area (Å²) in [6.07, 6.45) is 0. The molecule has 0 saturated heterocycles. The normalized spacial score (nSPS) is 13.8. The Hall–Kier alpha value is -6.10. The van der Waals surface area contributed by atoms with Gasteiger partial charge in [-0.1, -0.05) is 135 Å². The summed E-state index contributed by atoms with van der Waals surface area (Å²) in [5.41, 5.74) is 15.6. The molecule has 248 valence electrons. The van der Waals surface area contributed by atoms with E-state index in [9.17, 15) is 0 Å². The molecule has 0 unspecified atom stereocenters. The lowest BCUT2D eigenvalue weighted by Gasteiger charge is -2.26. The Morgan fingerprint density at radius 3 is 2.19 bits per heavy atom. The molecule has 1 aliphatic carbocycles. The number of anilines is 2. The van der Waals surface area contributed by atoms with E-state index in [-0.39, 0.29) is 5.41 Å². The molecular formula is C49H33BN2S. The number of aromatic nitrogens is 1. The quantitative estimate of drug-likeness (QED) is 0.182. The molecule has 0 atom stereocenters. The minimum Gasteiger partial charge on any atom is -0.355 e. The number of para-hydroxylation sites is 1. The Kier molecular flexibility index (Phi) is 5.84. The molecule has 8 aromatic carbocycles. The number of nitrogens with zero attached hydrogens (tertiary/aromatic N) is 1. The summed E-state index contributed by atoms with van der Waals surface area (Å²) in [6, 6.07) is 56.7. The molecule has 2 aliphatic rings.